The van der Waals surface area contributed by atoms with E-state index in [9.17, 15) is 10.1 Å². The van der Waals surface area contributed by atoms with E-state index in [1.165, 1.54) is 10.7 Å². The number of halogens is 1. The molecule has 0 bridgehead atoms. The van der Waals surface area contributed by atoms with E-state index in [2.05, 4.69) is 52.0 Å². The van der Waals surface area contributed by atoms with Crippen LogP contribution in [-0.4, -0.2) is 40.1 Å². The number of fused-ring (bicyclic) bond motifs is 2. The second-order valence-corrected chi connectivity index (χ2v) is 9.01. The Morgan fingerprint density at radius 2 is 2.03 bits per heavy atom. The Bertz CT molecular complexity index is 1780. The Morgan fingerprint density at radius 3 is 2.78 bits per heavy atom. The van der Waals surface area contributed by atoms with Crippen molar-refractivity contribution in [3.8, 4) is 22.7 Å². The zero-order valence-electron chi connectivity index (χ0n) is 19.3. The molecule has 0 saturated carbocycles. The van der Waals surface area contributed by atoms with Crippen LogP contribution >= 0.6 is 15.9 Å². The zero-order valence-corrected chi connectivity index (χ0v) is 20.9. The van der Waals surface area contributed by atoms with Crippen LogP contribution < -0.4 is 5.32 Å². The number of rotatable bonds is 7. The Labute approximate surface area is 217 Å². The maximum absolute atomic E-state index is 11.4. The molecule has 12 nitrogen and oxygen atoms in total. The summed E-state index contributed by atoms with van der Waals surface area (Å²) in [5.74, 6) is 1.76. The van der Waals surface area contributed by atoms with Gasteiger partial charge in [-0.05, 0) is 45.3 Å². The van der Waals surface area contributed by atoms with E-state index in [0.29, 0.717) is 30.4 Å². The minimum Gasteiger partial charge on any atom is -0.455 e. The molecule has 0 atom stereocenters. The molecule has 13 heteroatoms. The molecular weight excluding hydrogens is 542 g/mol. The molecule has 0 aliphatic heterocycles. The lowest BCUT2D eigenvalue weighted by molar-refractivity contribution is -0.383. The van der Waals surface area contributed by atoms with Gasteiger partial charge < -0.3 is 9.73 Å². The molecule has 37 heavy (non-hydrogen) atoms. The van der Waals surface area contributed by atoms with E-state index >= 15 is 0 Å². The fraction of sp³-hybridized carbons (Fsp3) is 0.125. The monoisotopic (exact) mass is 559 g/mol. The average molecular weight is 560 g/mol. The molecule has 6 aromatic rings. The number of anilines is 1. The lowest BCUT2D eigenvalue weighted by Crippen LogP contribution is -2.07. The number of nitrogens with one attached hydrogen (secondary N) is 2. The number of aryl methyl sites for hydroxylation is 1. The first-order valence-corrected chi connectivity index (χ1v) is 12.1. The zero-order chi connectivity index (χ0) is 25.5. The number of aromatic amines is 1. The summed E-state index contributed by atoms with van der Waals surface area (Å²) in [7, 11) is 0. The SMILES string of the molecule is CCc1cc(NCc2ccc3oc(-c4ccccc4-c4nn[nH]n4)c(Br)c3c2)n2ncc([N+](=O)[O-])c2n1. The molecule has 0 amide bonds. The Hall–Kier alpha value is -4.65. The topological polar surface area (TPSA) is 153 Å². The van der Waals surface area contributed by atoms with Crippen molar-refractivity contribution in [3.63, 3.8) is 0 Å². The van der Waals surface area contributed by atoms with Crippen molar-refractivity contribution in [1.82, 2.24) is 35.2 Å². The third-order valence-electron chi connectivity index (χ3n) is 5.99. The first-order chi connectivity index (χ1) is 18.0. The maximum atomic E-state index is 11.4. The molecule has 2 aromatic carbocycles. The van der Waals surface area contributed by atoms with Gasteiger partial charge in [0.25, 0.3) is 0 Å². The molecule has 0 aliphatic rings. The highest BCUT2D eigenvalue weighted by Gasteiger charge is 2.21. The Morgan fingerprint density at radius 1 is 1.19 bits per heavy atom. The molecule has 6 rings (SSSR count). The molecule has 0 spiro atoms. The molecule has 4 heterocycles. The van der Waals surface area contributed by atoms with Crippen molar-refractivity contribution in [2.75, 3.05) is 5.32 Å². The highest BCUT2D eigenvalue weighted by atomic mass is 79.9. The first kappa shape index (κ1) is 22.8. The normalized spacial score (nSPS) is 11.4. The van der Waals surface area contributed by atoms with Crippen molar-refractivity contribution in [2.45, 2.75) is 19.9 Å². The van der Waals surface area contributed by atoms with E-state index in [0.717, 1.165) is 37.8 Å². The largest absolute Gasteiger partial charge is 0.455 e. The molecule has 0 saturated heterocycles. The number of nitro groups is 1. The number of nitrogens with zero attached hydrogens (tertiary/aromatic N) is 7. The van der Waals surface area contributed by atoms with E-state index in [-0.39, 0.29) is 11.3 Å². The molecule has 2 N–H and O–H groups in total. The van der Waals surface area contributed by atoms with Gasteiger partial charge in [0.1, 0.15) is 23.4 Å². The number of aromatic nitrogens is 7. The highest BCUT2D eigenvalue weighted by Crippen LogP contribution is 2.41. The number of H-pyrrole nitrogens is 1. The summed E-state index contributed by atoms with van der Waals surface area (Å²) in [6, 6.07) is 15.4. The Kier molecular flexibility index (Phi) is 5.60. The van der Waals surface area contributed by atoms with Crippen LogP contribution in [0, 0.1) is 10.1 Å². The number of benzene rings is 2. The van der Waals surface area contributed by atoms with Crippen molar-refractivity contribution < 1.29 is 9.34 Å². The summed E-state index contributed by atoms with van der Waals surface area (Å²) in [4.78, 5) is 15.3. The van der Waals surface area contributed by atoms with Crippen molar-refractivity contribution >= 4 is 44.1 Å². The van der Waals surface area contributed by atoms with Crippen LogP contribution in [0.5, 0.6) is 0 Å². The quantitative estimate of drug-likeness (QED) is 0.199. The molecule has 0 radical (unpaired) electrons. The van der Waals surface area contributed by atoms with E-state index in [4.69, 9.17) is 4.42 Å². The van der Waals surface area contributed by atoms with Gasteiger partial charge in [-0.25, -0.2) is 4.98 Å². The number of hydrogen-bond donors (Lipinski definition) is 2. The van der Waals surface area contributed by atoms with Crippen LogP contribution in [0.4, 0.5) is 11.5 Å². The highest BCUT2D eigenvalue weighted by molar-refractivity contribution is 9.10. The van der Waals surface area contributed by atoms with Crippen LogP contribution in [-0.2, 0) is 13.0 Å². The third-order valence-corrected chi connectivity index (χ3v) is 6.78. The summed E-state index contributed by atoms with van der Waals surface area (Å²) < 4.78 is 8.48. The molecule has 0 aliphatic carbocycles. The van der Waals surface area contributed by atoms with Gasteiger partial charge in [0.15, 0.2) is 0 Å². The van der Waals surface area contributed by atoms with Gasteiger partial charge in [-0.2, -0.15) is 14.8 Å². The van der Waals surface area contributed by atoms with Crippen LogP contribution in [0.2, 0.25) is 0 Å². The predicted molar refractivity (Wildman–Crippen MR) is 139 cm³/mol. The maximum Gasteiger partial charge on any atom is 0.333 e. The molecule has 0 unspecified atom stereocenters. The van der Waals surface area contributed by atoms with Gasteiger partial charge in [-0.3, -0.25) is 10.1 Å². The summed E-state index contributed by atoms with van der Waals surface area (Å²) in [6.45, 7) is 2.40. The van der Waals surface area contributed by atoms with Gasteiger partial charge in [0.05, 0.1) is 9.40 Å². The number of hydrogen-bond acceptors (Lipinski definition) is 9. The fourth-order valence-electron chi connectivity index (χ4n) is 4.18. The average Bonchev–Trinajstić information content (AvgIpc) is 3.66. The summed E-state index contributed by atoms with van der Waals surface area (Å²) in [5.41, 5.74) is 4.14. The van der Waals surface area contributed by atoms with Crippen molar-refractivity contribution in [2.24, 2.45) is 0 Å². The van der Waals surface area contributed by atoms with Gasteiger partial charge in [0, 0.05) is 34.8 Å². The molecule has 184 valence electrons. The van der Waals surface area contributed by atoms with Crippen LogP contribution in [0.25, 0.3) is 39.3 Å². The molecule has 4 aromatic heterocycles. The van der Waals surface area contributed by atoms with Gasteiger partial charge in [0.2, 0.25) is 11.5 Å². The molecular formula is C24H18BrN9O3. The Balaban J connectivity index is 1.34. The summed E-state index contributed by atoms with van der Waals surface area (Å²) in [5, 5.41) is 34.2. The van der Waals surface area contributed by atoms with Crippen molar-refractivity contribution in [3.05, 3.63) is 80.6 Å². The lowest BCUT2D eigenvalue weighted by Gasteiger charge is -2.10. The summed E-state index contributed by atoms with van der Waals surface area (Å²) in [6.07, 6.45) is 1.85. The molecule has 0 fully saturated rings. The van der Waals surface area contributed by atoms with E-state index < -0.39 is 4.92 Å². The lowest BCUT2D eigenvalue weighted by atomic mass is 10.0. The fourth-order valence-corrected chi connectivity index (χ4v) is 4.78. The first-order valence-electron chi connectivity index (χ1n) is 11.3. The number of furan rings is 1. The van der Waals surface area contributed by atoms with Gasteiger partial charge in [-0.1, -0.05) is 37.3 Å². The minimum absolute atomic E-state index is 0.129. The minimum atomic E-state index is -0.475. The summed E-state index contributed by atoms with van der Waals surface area (Å²) >= 11 is 3.72. The number of tetrazole rings is 1. The van der Waals surface area contributed by atoms with E-state index in [1.807, 2.05) is 55.5 Å². The smallest absolute Gasteiger partial charge is 0.333 e. The second-order valence-electron chi connectivity index (χ2n) is 8.22. The third kappa shape index (κ3) is 3.98. The van der Waals surface area contributed by atoms with Gasteiger partial charge in [-0.15, -0.1) is 10.2 Å². The predicted octanol–water partition coefficient (Wildman–Crippen LogP) is 5.17. The standard InChI is InChI=1S/C24H18BrN9O3/c1-2-14-10-20(33-24(28-14)18(12-27-33)34(35)36)26-11-13-7-8-19-17(9-13)21(25)22(37-19)15-5-3-4-6-16(15)23-29-31-32-30-23/h3-10,12,26H,2,11H2,1H3,(H,29,30,31,32). The van der Waals surface area contributed by atoms with E-state index in [1.54, 1.807) is 0 Å². The van der Waals surface area contributed by atoms with Crippen molar-refractivity contribution in [1.29, 1.82) is 0 Å². The van der Waals surface area contributed by atoms with Gasteiger partial charge >= 0.3 is 5.69 Å². The second kappa shape index (κ2) is 9.09. The van der Waals surface area contributed by atoms with Crippen LogP contribution in [0.3, 0.4) is 0 Å². The van der Waals surface area contributed by atoms with Crippen LogP contribution in [0.15, 0.2) is 63.6 Å². The van der Waals surface area contributed by atoms with Crippen LogP contribution in [0.1, 0.15) is 18.2 Å².